The quantitative estimate of drug-likeness (QED) is 0.769. The fourth-order valence-corrected chi connectivity index (χ4v) is 2.93. The van der Waals surface area contributed by atoms with Gasteiger partial charge in [-0.25, -0.2) is 17.5 Å². The molecule has 1 atom stereocenters. The van der Waals surface area contributed by atoms with Crippen molar-refractivity contribution in [3.05, 3.63) is 47.9 Å². The summed E-state index contributed by atoms with van der Waals surface area (Å²) in [4.78, 5) is 24.2. The standard InChI is InChI=1S/C17H20N2O6S/c1-11-5-6-14(26(22,23)19(3)4)9-15(11)18-16(20)12(2)25-17(21)13-7-8-24-10-13/h5-10,12H,1-4H3,(H,18,20). The van der Waals surface area contributed by atoms with Gasteiger partial charge in [-0.1, -0.05) is 6.07 Å². The molecule has 0 aliphatic rings. The number of benzene rings is 1. The van der Waals surface area contributed by atoms with Crippen molar-refractivity contribution in [3.63, 3.8) is 0 Å². The number of nitrogens with one attached hydrogen (secondary N) is 1. The highest BCUT2D eigenvalue weighted by Crippen LogP contribution is 2.22. The molecule has 9 heteroatoms. The van der Waals surface area contributed by atoms with E-state index in [1.807, 2.05) is 0 Å². The highest BCUT2D eigenvalue weighted by molar-refractivity contribution is 7.89. The number of ether oxygens (including phenoxy) is 1. The molecule has 1 N–H and O–H groups in total. The minimum Gasteiger partial charge on any atom is -0.472 e. The molecule has 0 radical (unpaired) electrons. The van der Waals surface area contributed by atoms with E-state index in [1.165, 1.54) is 51.7 Å². The fourth-order valence-electron chi connectivity index (χ4n) is 2.00. The number of hydrogen-bond acceptors (Lipinski definition) is 6. The summed E-state index contributed by atoms with van der Waals surface area (Å²) in [5.74, 6) is -1.27. The lowest BCUT2D eigenvalue weighted by atomic mass is 10.2. The third kappa shape index (κ3) is 4.30. The summed E-state index contributed by atoms with van der Waals surface area (Å²) in [6.07, 6.45) is 1.46. The number of hydrogen-bond donors (Lipinski definition) is 1. The number of aryl methyl sites for hydroxylation is 1. The van der Waals surface area contributed by atoms with E-state index in [1.54, 1.807) is 13.0 Å². The highest BCUT2D eigenvalue weighted by Gasteiger charge is 2.22. The van der Waals surface area contributed by atoms with Crippen molar-refractivity contribution in [2.45, 2.75) is 24.8 Å². The predicted molar refractivity (Wildman–Crippen MR) is 94.3 cm³/mol. The van der Waals surface area contributed by atoms with Crippen LogP contribution in [-0.2, 0) is 19.6 Å². The molecule has 1 unspecified atom stereocenters. The molecule has 1 aromatic carbocycles. The van der Waals surface area contributed by atoms with E-state index < -0.39 is 28.0 Å². The van der Waals surface area contributed by atoms with Crippen LogP contribution in [0, 0.1) is 6.92 Å². The second-order valence-corrected chi connectivity index (χ2v) is 7.96. The van der Waals surface area contributed by atoms with Crippen molar-refractivity contribution < 1.29 is 27.2 Å². The maximum atomic E-state index is 12.3. The highest BCUT2D eigenvalue weighted by atomic mass is 32.2. The topological polar surface area (TPSA) is 106 Å². The van der Waals surface area contributed by atoms with E-state index in [0.717, 1.165) is 4.31 Å². The van der Waals surface area contributed by atoms with Gasteiger partial charge in [-0.15, -0.1) is 0 Å². The number of furan rings is 1. The van der Waals surface area contributed by atoms with Crippen molar-refractivity contribution in [2.75, 3.05) is 19.4 Å². The Balaban J connectivity index is 2.14. The number of rotatable bonds is 6. The van der Waals surface area contributed by atoms with Gasteiger partial charge < -0.3 is 14.5 Å². The summed E-state index contributed by atoms with van der Waals surface area (Å²) in [5.41, 5.74) is 1.19. The summed E-state index contributed by atoms with van der Waals surface area (Å²) < 4.78 is 35.4. The first-order valence-electron chi connectivity index (χ1n) is 7.70. The van der Waals surface area contributed by atoms with Gasteiger partial charge in [0.15, 0.2) is 6.10 Å². The van der Waals surface area contributed by atoms with Gasteiger partial charge >= 0.3 is 5.97 Å². The molecule has 1 aromatic heterocycles. The van der Waals surface area contributed by atoms with E-state index in [4.69, 9.17) is 9.15 Å². The van der Waals surface area contributed by atoms with E-state index in [9.17, 15) is 18.0 Å². The third-order valence-electron chi connectivity index (χ3n) is 3.66. The van der Waals surface area contributed by atoms with Gasteiger partial charge in [0.2, 0.25) is 10.0 Å². The molecule has 0 spiro atoms. The Hall–Kier alpha value is -2.65. The van der Waals surface area contributed by atoms with Crippen LogP contribution in [0.1, 0.15) is 22.8 Å². The van der Waals surface area contributed by atoms with Crippen molar-refractivity contribution in [1.82, 2.24) is 4.31 Å². The molecule has 0 aliphatic carbocycles. The Morgan fingerprint density at radius 2 is 1.92 bits per heavy atom. The van der Waals surface area contributed by atoms with Crippen molar-refractivity contribution in [3.8, 4) is 0 Å². The molecule has 2 aromatic rings. The fraction of sp³-hybridized carbons (Fsp3) is 0.294. The van der Waals surface area contributed by atoms with E-state index in [-0.39, 0.29) is 10.5 Å². The lowest BCUT2D eigenvalue weighted by Crippen LogP contribution is -2.30. The molecule has 26 heavy (non-hydrogen) atoms. The first-order valence-corrected chi connectivity index (χ1v) is 9.14. The number of amides is 1. The number of carbonyl (C=O) groups excluding carboxylic acids is 2. The smallest absolute Gasteiger partial charge is 0.342 e. The molecule has 1 heterocycles. The van der Waals surface area contributed by atoms with E-state index in [0.29, 0.717) is 11.3 Å². The Morgan fingerprint density at radius 3 is 2.50 bits per heavy atom. The summed E-state index contributed by atoms with van der Waals surface area (Å²) >= 11 is 0. The molecular formula is C17H20N2O6S. The van der Waals surface area contributed by atoms with Crippen LogP contribution in [0.4, 0.5) is 5.69 Å². The number of anilines is 1. The molecule has 0 bridgehead atoms. The minimum atomic E-state index is -3.63. The van der Waals surface area contributed by atoms with Crippen LogP contribution in [0.2, 0.25) is 0 Å². The second kappa shape index (κ2) is 7.71. The first kappa shape index (κ1) is 19.7. The third-order valence-corrected chi connectivity index (χ3v) is 5.47. The molecule has 0 fully saturated rings. The van der Waals surface area contributed by atoms with E-state index >= 15 is 0 Å². The van der Waals surface area contributed by atoms with Gasteiger partial charge in [-0.3, -0.25) is 4.79 Å². The molecule has 0 saturated carbocycles. The summed E-state index contributed by atoms with van der Waals surface area (Å²) in [5, 5.41) is 2.59. The van der Waals surface area contributed by atoms with Gasteiger partial charge in [0.05, 0.1) is 16.7 Å². The van der Waals surface area contributed by atoms with Gasteiger partial charge in [0.25, 0.3) is 5.91 Å². The Labute approximate surface area is 151 Å². The summed E-state index contributed by atoms with van der Waals surface area (Å²) in [7, 11) is -0.792. The van der Waals surface area contributed by atoms with Crippen LogP contribution in [-0.4, -0.2) is 44.8 Å². The molecule has 0 saturated heterocycles. The average molecular weight is 380 g/mol. The second-order valence-electron chi connectivity index (χ2n) is 5.81. The molecule has 0 aliphatic heterocycles. The predicted octanol–water partition coefficient (Wildman–Crippen LogP) is 2.02. The Kier molecular flexibility index (Phi) is 5.83. The van der Waals surface area contributed by atoms with Gasteiger partial charge in [0.1, 0.15) is 6.26 Å². The van der Waals surface area contributed by atoms with Crippen molar-refractivity contribution in [2.24, 2.45) is 0 Å². The first-order chi connectivity index (χ1) is 12.1. The Morgan fingerprint density at radius 1 is 1.23 bits per heavy atom. The lowest BCUT2D eigenvalue weighted by Gasteiger charge is -2.16. The van der Waals surface area contributed by atoms with Crippen molar-refractivity contribution in [1.29, 1.82) is 0 Å². The zero-order chi connectivity index (χ0) is 19.5. The molecule has 8 nitrogen and oxygen atoms in total. The molecule has 2 rings (SSSR count). The van der Waals surface area contributed by atoms with Crippen molar-refractivity contribution >= 4 is 27.6 Å². The van der Waals surface area contributed by atoms with Gasteiger partial charge in [-0.05, 0) is 37.6 Å². The zero-order valence-corrected chi connectivity index (χ0v) is 15.7. The average Bonchev–Trinajstić information content (AvgIpc) is 3.11. The van der Waals surface area contributed by atoms with Gasteiger partial charge in [-0.2, -0.15) is 0 Å². The monoisotopic (exact) mass is 380 g/mol. The van der Waals surface area contributed by atoms with Crippen LogP contribution in [0.5, 0.6) is 0 Å². The number of carbonyl (C=O) groups is 2. The van der Waals surface area contributed by atoms with Gasteiger partial charge in [0, 0.05) is 19.8 Å². The Bertz CT molecular complexity index is 903. The normalized spacial score (nSPS) is 12.7. The van der Waals surface area contributed by atoms with Crippen LogP contribution in [0.25, 0.3) is 0 Å². The maximum absolute atomic E-state index is 12.3. The molecular weight excluding hydrogens is 360 g/mol. The maximum Gasteiger partial charge on any atom is 0.342 e. The van der Waals surface area contributed by atoms with Crippen LogP contribution >= 0.6 is 0 Å². The number of nitrogens with zero attached hydrogens (tertiary/aromatic N) is 1. The lowest BCUT2D eigenvalue weighted by molar-refractivity contribution is -0.123. The van der Waals surface area contributed by atoms with Crippen LogP contribution < -0.4 is 5.32 Å². The zero-order valence-electron chi connectivity index (χ0n) is 14.8. The van der Waals surface area contributed by atoms with E-state index in [2.05, 4.69) is 5.32 Å². The van der Waals surface area contributed by atoms with Crippen LogP contribution in [0.15, 0.2) is 46.1 Å². The largest absolute Gasteiger partial charge is 0.472 e. The molecule has 140 valence electrons. The van der Waals surface area contributed by atoms with Crippen LogP contribution in [0.3, 0.4) is 0 Å². The molecule has 1 amide bonds. The number of sulfonamides is 1. The summed E-state index contributed by atoms with van der Waals surface area (Å²) in [6.45, 7) is 3.15. The summed E-state index contributed by atoms with van der Waals surface area (Å²) in [6, 6.07) is 5.84. The SMILES string of the molecule is Cc1ccc(S(=O)(=O)N(C)C)cc1NC(=O)C(C)OC(=O)c1ccoc1. The number of esters is 1. The minimum absolute atomic E-state index is 0.0476.